The van der Waals surface area contributed by atoms with E-state index in [1.807, 2.05) is 79.1 Å². The van der Waals surface area contributed by atoms with Crippen molar-refractivity contribution in [2.45, 2.75) is 51.5 Å². The van der Waals surface area contributed by atoms with Crippen LogP contribution in [0.2, 0.25) is 0 Å². The summed E-state index contributed by atoms with van der Waals surface area (Å²) in [7, 11) is -4.10. The van der Waals surface area contributed by atoms with Gasteiger partial charge in [0.25, 0.3) is 0 Å². The third kappa shape index (κ3) is 21.9. The van der Waals surface area contributed by atoms with Crippen LogP contribution in [0.5, 0.6) is 0 Å². The van der Waals surface area contributed by atoms with Gasteiger partial charge in [0.1, 0.15) is 37.6 Å². The van der Waals surface area contributed by atoms with E-state index in [4.69, 9.17) is 20.4 Å². The molecule has 0 spiro atoms. The number of aryl methyl sites for hydroxylation is 1. The third-order valence-corrected chi connectivity index (χ3v) is 5.53. The van der Waals surface area contributed by atoms with Gasteiger partial charge in [-0.05, 0) is 17.9 Å². The number of alkyl halides is 3. The summed E-state index contributed by atoms with van der Waals surface area (Å²) in [4.78, 5) is 58.7. The molecule has 21 heteroatoms. The molecule has 0 aliphatic heterocycles. The van der Waals surface area contributed by atoms with Gasteiger partial charge in [-0.3, -0.25) is 14.4 Å². The summed E-state index contributed by atoms with van der Waals surface area (Å²) in [5.74, 6) is -4.73. The van der Waals surface area contributed by atoms with Gasteiger partial charge in [-0.25, -0.2) is 18.7 Å². The molecule has 2 rings (SSSR count). The number of nitrogens with one attached hydrogen (secondary N) is 3. The Kier molecular flexibility index (Phi) is 19.2. The predicted molar refractivity (Wildman–Crippen MR) is 156 cm³/mol. The minimum atomic E-state index is -6.00. The molecule has 1 aromatic heterocycles. The number of hydrogen-bond acceptors (Lipinski definition) is 7. The summed E-state index contributed by atoms with van der Waals surface area (Å²) >= 11 is 0. The number of nitrogens with zero attached hydrogens (tertiary/aromatic N) is 2. The number of hydrogen-bond donors (Lipinski definition) is 5. The maximum absolute atomic E-state index is 13.2. The van der Waals surface area contributed by atoms with Crippen molar-refractivity contribution < 1.29 is 68.8 Å². The standard InChI is InChI=1S/C25H36N6O5.C2HF3O2.BF4/c1-18(2)13-21(25(35)36-12-11-31-10-9-30(3)17-31)29-24(34)20(14-19-7-5-4-6-8-19)28-23(33)16-27-22(32)15-26;3-2(4,5)1(6)7;2-1(3,4)5/h4-10,17-18,20-21H,11-16,26H2,1-3H3,(H2-,27,28,29,32,33,34);(H,6,7);/q;;-1/p+1/t20-,21-;;/m0../s1. The van der Waals surface area contributed by atoms with E-state index in [-0.39, 0.29) is 32.0 Å². The molecule has 1 aromatic carbocycles. The molecule has 48 heavy (non-hydrogen) atoms. The molecule has 0 saturated heterocycles. The van der Waals surface area contributed by atoms with E-state index in [0.717, 1.165) is 5.56 Å². The van der Waals surface area contributed by atoms with Crippen LogP contribution in [0.15, 0.2) is 49.1 Å². The minimum absolute atomic E-state index is 0.111. The van der Waals surface area contributed by atoms with E-state index in [0.29, 0.717) is 13.0 Å². The largest absolute Gasteiger partial charge is 0.673 e. The number of ether oxygens (including phenoxy) is 1. The maximum atomic E-state index is 13.2. The molecule has 13 nitrogen and oxygen atoms in total. The highest BCUT2D eigenvalue weighted by molar-refractivity contribution is 6.50. The van der Waals surface area contributed by atoms with Crippen molar-refractivity contribution in [1.29, 1.82) is 0 Å². The van der Waals surface area contributed by atoms with Gasteiger partial charge in [0.05, 0.1) is 20.1 Å². The number of imidazole rings is 1. The molecule has 0 bridgehead atoms. The quantitative estimate of drug-likeness (QED) is 0.0840. The number of carbonyl (C=O) groups is 5. The van der Waals surface area contributed by atoms with E-state index >= 15 is 0 Å². The van der Waals surface area contributed by atoms with E-state index in [2.05, 4.69) is 16.0 Å². The number of esters is 1. The van der Waals surface area contributed by atoms with Crippen LogP contribution < -0.4 is 26.3 Å². The van der Waals surface area contributed by atoms with Crippen molar-refractivity contribution in [3.63, 3.8) is 0 Å². The van der Waals surface area contributed by atoms with Crippen LogP contribution in [0.25, 0.3) is 0 Å². The highest BCUT2D eigenvalue weighted by Gasteiger charge is 2.38. The monoisotopic (exact) mass is 702 g/mol. The Hall–Kier alpha value is -4.69. The highest BCUT2D eigenvalue weighted by atomic mass is 19.5. The van der Waals surface area contributed by atoms with Crippen LogP contribution in [0.1, 0.15) is 25.8 Å². The fourth-order valence-corrected chi connectivity index (χ4v) is 3.50. The summed E-state index contributed by atoms with van der Waals surface area (Å²) < 4.78 is 79.9. The molecule has 3 amide bonds. The van der Waals surface area contributed by atoms with Gasteiger partial charge in [0.2, 0.25) is 24.0 Å². The molecule has 1 heterocycles. The van der Waals surface area contributed by atoms with Gasteiger partial charge in [0, 0.05) is 6.42 Å². The van der Waals surface area contributed by atoms with E-state index in [1.165, 1.54) is 0 Å². The van der Waals surface area contributed by atoms with Gasteiger partial charge >= 0.3 is 25.4 Å². The molecule has 0 fully saturated rings. The van der Waals surface area contributed by atoms with Crippen LogP contribution >= 0.6 is 0 Å². The molecule has 6 N–H and O–H groups in total. The predicted octanol–water partition coefficient (Wildman–Crippen LogP) is 1.12. The summed E-state index contributed by atoms with van der Waals surface area (Å²) in [5, 5.41) is 14.9. The topological polar surface area (TPSA) is 186 Å². The van der Waals surface area contributed by atoms with Crippen molar-refractivity contribution in [2.75, 3.05) is 19.7 Å². The Morgan fingerprint density at radius 2 is 1.56 bits per heavy atom. The Bertz CT molecular complexity index is 1310. The number of amides is 3. The van der Waals surface area contributed by atoms with Crippen molar-refractivity contribution in [3.05, 3.63) is 54.6 Å². The van der Waals surface area contributed by atoms with Crippen LogP contribution in [0, 0.1) is 5.92 Å². The molecule has 0 saturated carbocycles. The fraction of sp³-hybridized carbons (Fsp3) is 0.481. The van der Waals surface area contributed by atoms with Crippen molar-refractivity contribution >= 4 is 36.9 Å². The number of carboxylic acid groups (broad SMARTS) is 1. The Labute approximate surface area is 271 Å². The SMILES string of the molecule is CC(C)C[C@H](NC(=O)[C@H](Cc1ccccc1)NC(=O)CNC(=O)CN)C(=O)OCCn1cc[n+](C)c1.F[B-](F)(F)F.O=C(O)C(F)(F)F. The lowest BCUT2D eigenvalue weighted by molar-refractivity contribution is -0.671. The van der Waals surface area contributed by atoms with Crippen LogP contribution in [0.4, 0.5) is 30.4 Å². The zero-order valence-corrected chi connectivity index (χ0v) is 26.2. The lowest BCUT2D eigenvalue weighted by Gasteiger charge is -2.24. The Morgan fingerprint density at radius 3 is 2.02 bits per heavy atom. The molecule has 0 radical (unpaired) electrons. The molecule has 270 valence electrons. The van der Waals surface area contributed by atoms with Crippen LogP contribution in [-0.4, -0.2) is 84.5 Å². The zero-order valence-electron chi connectivity index (χ0n) is 26.2. The van der Waals surface area contributed by atoms with E-state index in [9.17, 15) is 49.6 Å². The molecule has 0 unspecified atom stereocenters. The van der Waals surface area contributed by atoms with Gasteiger partial charge in [0.15, 0.2) is 0 Å². The third-order valence-electron chi connectivity index (χ3n) is 5.53. The first-order chi connectivity index (χ1) is 22.1. The molecule has 0 aliphatic carbocycles. The van der Waals surface area contributed by atoms with Crippen molar-refractivity contribution in [1.82, 2.24) is 20.5 Å². The maximum Gasteiger partial charge on any atom is 0.673 e. The van der Waals surface area contributed by atoms with Gasteiger partial charge in [-0.15, -0.1) is 0 Å². The van der Waals surface area contributed by atoms with Gasteiger partial charge < -0.3 is 48.8 Å². The van der Waals surface area contributed by atoms with Crippen LogP contribution in [-0.2, 0) is 48.7 Å². The average molecular weight is 702 g/mol. The van der Waals surface area contributed by atoms with Gasteiger partial charge in [-0.2, -0.15) is 13.2 Å². The second-order valence-corrected chi connectivity index (χ2v) is 10.3. The second kappa shape index (κ2) is 21.2. The fourth-order valence-electron chi connectivity index (χ4n) is 3.50. The number of nitrogens with two attached hydrogens (primary N) is 1. The number of aromatic nitrogens is 2. The lowest BCUT2D eigenvalue weighted by Crippen LogP contribution is -2.54. The molecular weight excluding hydrogens is 664 g/mol. The average Bonchev–Trinajstić information content (AvgIpc) is 3.39. The normalized spacial score (nSPS) is 12.2. The van der Waals surface area contributed by atoms with Crippen molar-refractivity contribution in [2.24, 2.45) is 18.7 Å². The van der Waals surface area contributed by atoms with Gasteiger partial charge in [-0.1, -0.05) is 44.2 Å². The Morgan fingerprint density at radius 1 is 1.00 bits per heavy atom. The van der Waals surface area contributed by atoms with Crippen molar-refractivity contribution in [3.8, 4) is 0 Å². The first-order valence-corrected chi connectivity index (χ1v) is 14.1. The summed E-state index contributed by atoms with van der Waals surface area (Å²) in [6.07, 6.45) is 1.12. The number of benzene rings is 1. The summed E-state index contributed by atoms with van der Waals surface area (Å²) in [5.41, 5.74) is 6.07. The number of halogens is 7. The first-order valence-electron chi connectivity index (χ1n) is 14.1. The molecule has 2 aromatic rings. The zero-order chi connectivity index (χ0) is 37.1. The summed E-state index contributed by atoms with van der Waals surface area (Å²) in [6, 6.07) is 7.35. The highest BCUT2D eigenvalue weighted by Crippen LogP contribution is 2.13. The number of carbonyl (C=O) groups excluding carboxylic acids is 4. The molecule has 0 aliphatic rings. The van der Waals surface area contributed by atoms with E-state index < -0.39 is 55.2 Å². The number of aliphatic carboxylic acids is 1. The minimum Gasteiger partial charge on any atom is -0.475 e. The number of carboxylic acids is 1. The molecule has 2 atom stereocenters. The second-order valence-electron chi connectivity index (χ2n) is 10.3. The Balaban J connectivity index is 0.00000156. The van der Waals surface area contributed by atoms with E-state index in [1.54, 1.807) is 0 Å². The van der Waals surface area contributed by atoms with Crippen LogP contribution in [0.3, 0.4) is 0 Å². The number of rotatable bonds is 14. The smallest absolute Gasteiger partial charge is 0.475 e. The first kappa shape index (κ1) is 43.3. The summed E-state index contributed by atoms with van der Waals surface area (Å²) in [6.45, 7) is 3.95. The lowest BCUT2D eigenvalue weighted by atomic mass is 10.0. The molecular formula is C27H38BF7N6O7.